The van der Waals surface area contributed by atoms with Crippen LogP contribution in [-0.2, 0) is 13.1 Å². The summed E-state index contributed by atoms with van der Waals surface area (Å²) < 4.78 is 41.4. The van der Waals surface area contributed by atoms with Crippen LogP contribution in [0.25, 0.3) is 0 Å². The number of hydrogen-bond donors (Lipinski definition) is 1. The van der Waals surface area contributed by atoms with Crippen molar-refractivity contribution in [1.29, 1.82) is 0 Å². The number of nitrogens with one attached hydrogen (secondary N) is 1. The topological polar surface area (TPSA) is 17.0 Å². The van der Waals surface area contributed by atoms with E-state index in [1.807, 2.05) is 23.0 Å². The van der Waals surface area contributed by atoms with Crippen LogP contribution in [0.5, 0.6) is 0 Å². The summed E-state index contributed by atoms with van der Waals surface area (Å²) in [5.41, 5.74) is 0.762. The molecule has 102 valence electrons. The molecule has 0 bridgehead atoms. The van der Waals surface area contributed by atoms with Crippen LogP contribution in [-0.4, -0.2) is 4.57 Å². The quantitative estimate of drug-likeness (QED) is 0.813. The predicted molar refractivity (Wildman–Crippen MR) is 68.4 cm³/mol. The monoisotopic (exact) mass is 268 g/mol. The molecule has 0 fully saturated rings. The Morgan fingerprint density at radius 1 is 1.21 bits per heavy atom. The average molecular weight is 268 g/mol. The molecule has 2 nitrogen and oxygen atoms in total. The Labute approximate surface area is 109 Å². The summed E-state index contributed by atoms with van der Waals surface area (Å²) in [7, 11) is 0. The van der Waals surface area contributed by atoms with E-state index in [1.54, 1.807) is 0 Å². The molecule has 19 heavy (non-hydrogen) atoms. The van der Waals surface area contributed by atoms with Gasteiger partial charge in [0.25, 0.3) is 0 Å². The Bertz CT molecular complexity index is 564. The molecular formula is C14H15F3N2. The lowest BCUT2D eigenvalue weighted by Crippen LogP contribution is -2.03. The second-order valence-corrected chi connectivity index (χ2v) is 4.36. The summed E-state index contributed by atoms with van der Waals surface area (Å²) in [6.07, 6.45) is 4.86. The summed E-state index contributed by atoms with van der Waals surface area (Å²) in [4.78, 5) is 0. The van der Waals surface area contributed by atoms with Gasteiger partial charge < -0.3 is 9.88 Å². The lowest BCUT2D eigenvalue weighted by molar-refractivity contribution is 0.497. The van der Waals surface area contributed by atoms with Gasteiger partial charge in [0.2, 0.25) is 0 Å². The minimum Gasteiger partial charge on any atom is -0.378 e. The molecule has 0 saturated heterocycles. The van der Waals surface area contributed by atoms with Gasteiger partial charge in [-0.05, 0) is 18.1 Å². The number of aromatic nitrogens is 1. The number of halogens is 3. The first-order valence-corrected chi connectivity index (χ1v) is 6.13. The number of aryl methyl sites for hydroxylation is 1. The van der Waals surface area contributed by atoms with E-state index in [1.165, 1.54) is 0 Å². The standard InChI is InChI=1S/C14H15F3N2/c1-2-4-19-5-3-10(9-19)8-18-13-7-11(15)6-12(16)14(13)17/h3,5-7,9,18H,2,4,8H2,1H3. The van der Waals surface area contributed by atoms with Crippen LogP contribution in [0.3, 0.4) is 0 Å². The number of rotatable bonds is 5. The van der Waals surface area contributed by atoms with E-state index >= 15 is 0 Å². The van der Waals surface area contributed by atoms with E-state index in [0.29, 0.717) is 12.6 Å². The number of nitrogens with zero attached hydrogens (tertiary/aromatic N) is 1. The molecule has 1 aromatic carbocycles. The van der Waals surface area contributed by atoms with Crippen LogP contribution in [0.1, 0.15) is 18.9 Å². The normalized spacial score (nSPS) is 10.7. The van der Waals surface area contributed by atoms with Crippen molar-refractivity contribution in [3.8, 4) is 0 Å². The first-order valence-electron chi connectivity index (χ1n) is 6.13. The minimum absolute atomic E-state index is 0.166. The van der Waals surface area contributed by atoms with Gasteiger partial charge in [0.1, 0.15) is 5.82 Å². The second-order valence-electron chi connectivity index (χ2n) is 4.36. The molecule has 0 aliphatic rings. The highest BCUT2D eigenvalue weighted by atomic mass is 19.2. The van der Waals surface area contributed by atoms with Crippen LogP contribution in [0, 0.1) is 17.5 Å². The van der Waals surface area contributed by atoms with Crippen LogP contribution < -0.4 is 5.32 Å². The molecule has 2 rings (SSSR count). The molecule has 1 heterocycles. The molecule has 0 atom stereocenters. The summed E-state index contributed by atoms with van der Waals surface area (Å²) in [5, 5.41) is 2.70. The minimum atomic E-state index is -1.19. The molecule has 0 aliphatic carbocycles. The lowest BCUT2D eigenvalue weighted by Gasteiger charge is -2.07. The molecule has 2 aromatic rings. The van der Waals surface area contributed by atoms with Gasteiger partial charge in [-0.15, -0.1) is 0 Å². The highest BCUT2D eigenvalue weighted by Crippen LogP contribution is 2.20. The average Bonchev–Trinajstić information content (AvgIpc) is 2.80. The van der Waals surface area contributed by atoms with Crippen molar-refractivity contribution in [2.45, 2.75) is 26.4 Å². The summed E-state index contributed by atoms with van der Waals surface area (Å²) in [6.45, 7) is 3.29. The second kappa shape index (κ2) is 5.82. The van der Waals surface area contributed by atoms with Crippen LogP contribution >= 0.6 is 0 Å². The third-order valence-electron chi connectivity index (χ3n) is 2.77. The van der Waals surface area contributed by atoms with Crippen LogP contribution in [0.4, 0.5) is 18.9 Å². The van der Waals surface area contributed by atoms with Gasteiger partial charge in [-0.3, -0.25) is 0 Å². The smallest absolute Gasteiger partial charge is 0.182 e. The molecule has 0 unspecified atom stereocenters. The first kappa shape index (κ1) is 13.5. The Morgan fingerprint density at radius 2 is 2.00 bits per heavy atom. The zero-order valence-corrected chi connectivity index (χ0v) is 10.6. The number of hydrogen-bond acceptors (Lipinski definition) is 1. The fourth-order valence-corrected chi connectivity index (χ4v) is 1.87. The van der Waals surface area contributed by atoms with Crippen molar-refractivity contribution < 1.29 is 13.2 Å². The maximum absolute atomic E-state index is 13.4. The zero-order valence-electron chi connectivity index (χ0n) is 10.6. The molecule has 0 aliphatic heterocycles. The van der Waals surface area contributed by atoms with E-state index in [9.17, 15) is 13.2 Å². The van der Waals surface area contributed by atoms with Crippen molar-refractivity contribution >= 4 is 5.69 Å². The Kier molecular flexibility index (Phi) is 4.14. The van der Waals surface area contributed by atoms with Crippen molar-refractivity contribution in [1.82, 2.24) is 4.57 Å². The van der Waals surface area contributed by atoms with Gasteiger partial charge >= 0.3 is 0 Å². The van der Waals surface area contributed by atoms with E-state index in [4.69, 9.17) is 0 Å². The summed E-state index contributed by atoms with van der Waals surface area (Å²) in [5.74, 6) is -3.05. The molecule has 5 heteroatoms. The fourth-order valence-electron chi connectivity index (χ4n) is 1.87. The largest absolute Gasteiger partial charge is 0.378 e. The third-order valence-corrected chi connectivity index (χ3v) is 2.77. The third kappa shape index (κ3) is 3.30. The van der Waals surface area contributed by atoms with Crippen molar-refractivity contribution in [2.75, 3.05) is 5.32 Å². The molecule has 1 N–H and O–H groups in total. The van der Waals surface area contributed by atoms with Crippen molar-refractivity contribution in [3.63, 3.8) is 0 Å². The Balaban J connectivity index is 2.05. The summed E-state index contributed by atoms with van der Waals surface area (Å²) >= 11 is 0. The highest BCUT2D eigenvalue weighted by Gasteiger charge is 2.10. The van der Waals surface area contributed by atoms with Crippen LogP contribution in [0.15, 0.2) is 30.6 Å². The van der Waals surface area contributed by atoms with E-state index in [0.717, 1.165) is 24.6 Å². The maximum atomic E-state index is 13.4. The molecule has 0 spiro atoms. The van der Waals surface area contributed by atoms with E-state index < -0.39 is 17.5 Å². The van der Waals surface area contributed by atoms with Gasteiger partial charge in [-0.25, -0.2) is 13.2 Å². The Hall–Kier alpha value is -1.91. The van der Waals surface area contributed by atoms with Crippen molar-refractivity contribution in [3.05, 3.63) is 53.6 Å². The molecule has 0 radical (unpaired) electrons. The molecule has 1 aromatic heterocycles. The van der Waals surface area contributed by atoms with Gasteiger partial charge in [0.05, 0.1) is 5.69 Å². The van der Waals surface area contributed by atoms with Crippen LogP contribution in [0.2, 0.25) is 0 Å². The molecule has 0 amide bonds. The number of benzene rings is 1. The van der Waals surface area contributed by atoms with Gasteiger partial charge in [-0.2, -0.15) is 0 Å². The van der Waals surface area contributed by atoms with Gasteiger partial charge in [-0.1, -0.05) is 6.92 Å². The van der Waals surface area contributed by atoms with Gasteiger partial charge in [0, 0.05) is 37.6 Å². The molecule has 0 saturated carbocycles. The fraction of sp³-hybridized carbons (Fsp3) is 0.286. The van der Waals surface area contributed by atoms with E-state index in [-0.39, 0.29) is 5.69 Å². The lowest BCUT2D eigenvalue weighted by atomic mass is 10.2. The summed E-state index contributed by atoms with van der Waals surface area (Å²) in [6, 6.07) is 3.36. The zero-order chi connectivity index (χ0) is 13.8. The Morgan fingerprint density at radius 3 is 2.74 bits per heavy atom. The van der Waals surface area contributed by atoms with Crippen molar-refractivity contribution in [2.24, 2.45) is 0 Å². The first-order chi connectivity index (χ1) is 9.10. The van der Waals surface area contributed by atoms with E-state index in [2.05, 4.69) is 12.2 Å². The predicted octanol–water partition coefficient (Wildman–Crippen LogP) is 3.93. The molecular weight excluding hydrogens is 253 g/mol. The highest BCUT2D eigenvalue weighted by molar-refractivity contribution is 5.46. The maximum Gasteiger partial charge on any atom is 0.182 e. The SMILES string of the molecule is CCCn1ccc(CNc2cc(F)cc(F)c2F)c1. The van der Waals surface area contributed by atoms with Gasteiger partial charge in [0.15, 0.2) is 11.6 Å². The number of anilines is 1.